The smallest absolute Gasteiger partial charge is 0.335 e. The molecule has 3 aromatic rings. The number of benzene rings is 3. The van der Waals surface area contributed by atoms with Crippen LogP contribution in [0, 0.1) is 0 Å². The Bertz CT molecular complexity index is 1010. The molecule has 0 aliphatic carbocycles. The summed E-state index contributed by atoms with van der Waals surface area (Å²) in [7, 11) is 0. The van der Waals surface area contributed by atoms with Crippen LogP contribution < -0.4 is 10.1 Å². The number of carbonyl (C=O) groups excluding carboxylic acids is 1. The molecule has 0 radical (unpaired) electrons. The summed E-state index contributed by atoms with van der Waals surface area (Å²) in [4.78, 5) is 23.7. The molecule has 0 spiro atoms. The third-order valence-corrected chi connectivity index (χ3v) is 5.43. The van der Waals surface area contributed by atoms with Gasteiger partial charge in [-0.1, -0.05) is 54.6 Å². The number of fused-ring (bicyclic) bond motifs is 2. The summed E-state index contributed by atoms with van der Waals surface area (Å²) in [5.74, 6) is -0.198. The molecule has 152 valence electrons. The number of rotatable bonds is 6. The summed E-state index contributed by atoms with van der Waals surface area (Å²) >= 11 is 0. The molecular formula is C25H23NO4. The van der Waals surface area contributed by atoms with E-state index in [1.165, 1.54) is 0 Å². The fourth-order valence-corrected chi connectivity index (χ4v) is 3.87. The van der Waals surface area contributed by atoms with Gasteiger partial charge in [0.2, 0.25) is 5.91 Å². The van der Waals surface area contributed by atoms with Crippen molar-refractivity contribution in [1.29, 1.82) is 0 Å². The molecular weight excluding hydrogens is 378 g/mol. The average molecular weight is 401 g/mol. The van der Waals surface area contributed by atoms with Crippen molar-refractivity contribution in [2.45, 2.75) is 25.4 Å². The minimum Gasteiger partial charge on any atom is -0.489 e. The molecule has 1 aliphatic rings. The van der Waals surface area contributed by atoms with Crippen LogP contribution in [-0.2, 0) is 17.8 Å². The van der Waals surface area contributed by atoms with Gasteiger partial charge in [-0.2, -0.15) is 0 Å². The number of hydrogen-bond acceptors (Lipinski definition) is 3. The molecule has 1 heterocycles. The Kier molecular flexibility index (Phi) is 5.80. The minimum atomic E-state index is -0.942. The maximum Gasteiger partial charge on any atom is 0.335 e. The SMILES string of the molecule is O=C(CC1c2ccccc2COc2ccccc21)NCCc1ccc(C(=O)O)cc1. The number of aromatic carboxylic acids is 1. The van der Waals surface area contributed by atoms with Gasteiger partial charge in [-0.3, -0.25) is 4.79 Å². The van der Waals surface area contributed by atoms with E-state index in [1.54, 1.807) is 24.3 Å². The minimum absolute atomic E-state index is 0.0198. The predicted molar refractivity (Wildman–Crippen MR) is 114 cm³/mol. The number of carboxylic acids is 1. The first-order chi connectivity index (χ1) is 14.6. The molecule has 0 saturated carbocycles. The number of para-hydroxylation sites is 1. The molecule has 4 rings (SSSR count). The van der Waals surface area contributed by atoms with Crippen LogP contribution in [0.5, 0.6) is 5.75 Å². The van der Waals surface area contributed by atoms with Crippen LogP contribution in [0.15, 0.2) is 72.8 Å². The van der Waals surface area contributed by atoms with Gasteiger partial charge in [0, 0.05) is 24.4 Å². The molecule has 1 aliphatic heterocycles. The van der Waals surface area contributed by atoms with Crippen LogP contribution in [0.1, 0.15) is 45.0 Å². The van der Waals surface area contributed by atoms with E-state index in [0.29, 0.717) is 26.0 Å². The van der Waals surface area contributed by atoms with E-state index in [0.717, 1.165) is 28.0 Å². The maximum absolute atomic E-state index is 12.7. The lowest BCUT2D eigenvalue weighted by molar-refractivity contribution is -0.121. The number of nitrogens with one attached hydrogen (secondary N) is 1. The van der Waals surface area contributed by atoms with Crippen molar-refractivity contribution < 1.29 is 19.4 Å². The molecule has 5 heteroatoms. The zero-order chi connectivity index (χ0) is 20.9. The van der Waals surface area contributed by atoms with Crippen LogP contribution in [0.3, 0.4) is 0 Å². The van der Waals surface area contributed by atoms with Gasteiger partial charge in [0.25, 0.3) is 0 Å². The van der Waals surface area contributed by atoms with Gasteiger partial charge in [-0.25, -0.2) is 4.79 Å². The molecule has 3 aromatic carbocycles. The molecule has 2 N–H and O–H groups in total. The molecule has 0 fully saturated rings. The molecule has 0 aromatic heterocycles. The second-order valence-corrected chi connectivity index (χ2v) is 7.38. The van der Waals surface area contributed by atoms with Gasteiger partial charge in [0.05, 0.1) is 5.56 Å². The van der Waals surface area contributed by atoms with Crippen molar-refractivity contribution in [2.75, 3.05) is 6.54 Å². The standard InChI is InChI=1S/C25H23NO4/c27-24(26-14-13-17-9-11-18(12-10-17)25(28)29)15-22-20-6-2-1-5-19(20)16-30-23-8-4-3-7-21(22)23/h1-12,22H,13-16H2,(H,26,27)(H,28,29). The van der Waals surface area contributed by atoms with Crippen molar-refractivity contribution in [3.63, 3.8) is 0 Å². The number of amides is 1. The lowest BCUT2D eigenvalue weighted by Crippen LogP contribution is -2.27. The first kappa shape index (κ1) is 19.7. The zero-order valence-corrected chi connectivity index (χ0v) is 16.5. The summed E-state index contributed by atoms with van der Waals surface area (Å²) in [6, 6.07) is 22.7. The van der Waals surface area contributed by atoms with Crippen LogP contribution in [0.2, 0.25) is 0 Å². The normalized spacial score (nSPS) is 14.6. The number of carbonyl (C=O) groups is 2. The van der Waals surface area contributed by atoms with Crippen LogP contribution >= 0.6 is 0 Å². The Morgan fingerprint density at radius 2 is 1.63 bits per heavy atom. The number of hydrogen-bond donors (Lipinski definition) is 2. The van der Waals surface area contributed by atoms with E-state index >= 15 is 0 Å². The van der Waals surface area contributed by atoms with Crippen LogP contribution in [0.25, 0.3) is 0 Å². The first-order valence-electron chi connectivity index (χ1n) is 10.0. The van der Waals surface area contributed by atoms with E-state index in [9.17, 15) is 9.59 Å². The second kappa shape index (κ2) is 8.82. The Hall–Kier alpha value is -3.60. The quantitative estimate of drug-likeness (QED) is 0.650. The average Bonchev–Trinajstić information content (AvgIpc) is 2.92. The van der Waals surface area contributed by atoms with Crippen molar-refractivity contribution in [3.05, 3.63) is 101 Å². The summed E-state index contributed by atoms with van der Waals surface area (Å²) in [6.07, 6.45) is 0.988. The van der Waals surface area contributed by atoms with Crippen molar-refractivity contribution in [3.8, 4) is 5.75 Å². The van der Waals surface area contributed by atoms with Gasteiger partial charge in [-0.15, -0.1) is 0 Å². The molecule has 0 bridgehead atoms. The summed E-state index contributed by atoms with van der Waals surface area (Å²) < 4.78 is 5.98. The zero-order valence-electron chi connectivity index (χ0n) is 16.5. The first-order valence-corrected chi connectivity index (χ1v) is 10.0. The third-order valence-electron chi connectivity index (χ3n) is 5.43. The predicted octanol–water partition coefficient (Wildman–Crippen LogP) is 4.16. The largest absolute Gasteiger partial charge is 0.489 e. The van der Waals surface area contributed by atoms with E-state index < -0.39 is 5.97 Å². The van der Waals surface area contributed by atoms with Gasteiger partial charge in [0.1, 0.15) is 12.4 Å². The summed E-state index contributed by atoms with van der Waals surface area (Å²) in [5, 5.41) is 12.0. The van der Waals surface area contributed by atoms with E-state index in [-0.39, 0.29) is 17.4 Å². The van der Waals surface area contributed by atoms with E-state index in [4.69, 9.17) is 9.84 Å². The highest BCUT2D eigenvalue weighted by atomic mass is 16.5. The van der Waals surface area contributed by atoms with Gasteiger partial charge < -0.3 is 15.2 Å². The maximum atomic E-state index is 12.7. The lowest BCUT2D eigenvalue weighted by Gasteiger charge is -2.18. The van der Waals surface area contributed by atoms with Crippen molar-refractivity contribution in [2.24, 2.45) is 0 Å². The molecule has 30 heavy (non-hydrogen) atoms. The monoisotopic (exact) mass is 401 g/mol. The van der Waals surface area contributed by atoms with Crippen LogP contribution in [-0.4, -0.2) is 23.5 Å². The number of ether oxygens (including phenoxy) is 1. The Morgan fingerprint density at radius 3 is 2.40 bits per heavy atom. The van der Waals surface area contributed by atoms with Crippen molar-refractivity contribution >= 4 is 11.9 Å². The van der Waals surface area contributed by atoms with Gasteiger partial charge in [-0.05, 0) is 41.3 Å². The van der Waals surface area contributed by atoms with E-state index in [1.807, 2.05) is 42.5 Å². The fourth-order valence-electron chi connectivity index (χ4n) is 3.87. The van der Waals surface area contributed by atoms with Crippen LogP contribution in [0.4, 0.5) is 0 Å². The lowest BCUT2D eigenvalue weighted by atomic mass is 9.86. The topological polar surface area (TPSA) is 75.6 Å². The Balaban J connectivity index is 1.43. The van der Waals surface area contributed by atoms with E-state index in [2.05, 4.69) is 11.4 Å². The molecule has 1 atom stereocenters. The number of carboxylic acid groups (broad SMARTS) is 1. The molecule has 0 saturated heterocycles. The Labute approximate surface area is 175 Å². The highest BCUT2D eigenvalue weighted by Gasteiger charge is 2.26. The third kappa shape index (κ3) is 4.35. The highest BCUT2D eigenvalue weighted by molar-refractivity contribution is 5.87. The van der Waals surface area contributed by atoms with Gasteiger partial charge in [0.15, 0.2) is 0 Å². The van der Waals surface area contributed by atoms with Crippen molar-refractivity contribution in [1.82, 2.24) is 5.32 Å². The van der Waals surface area contributed by atoms with Gasteiger partial charge >= 0.3 is 5.97 Å². The molecule has 1 unspecified atom stereocenters. The Morgan fingerprint density at radius 1 is 0.933 bits per heavy atom. The summed E-state index contributed by atoms with van der Waals surface area (Å²) in [5.41, 5.74) is 4.50. The summed E-state index contributed by atoms with van der Waals surface area (Å²) in [6.45, 7) is 0.995. The highest BCUT2D eigenvalue weighted by Crippen LogP contribution is 2.39. The fraction of sp³-hybridized carbons (Fsp3) is 0.200. The second-order valence-electron chi connectivity index (χ2n) is 7.38. The molecule has 5 nitrogen and oxygen atoms in total. The molecule has 1 amide bonds.